The lowest BCUT2D eigenvalue weighted by molar-refractivity contribution is -0.111. The zero-order chi connectivity index (χ0) is 14.8. The van der Waals surface area contributed by atoms with Gasteiger partial charge in [-0.2, -0.15) is 0 Å². The molecule has 1 heterocycles. The van der Waals surface area contributed by atoms with E-state index in [1.807, 2.05) is 51.1 Å². The molecule has 4 heteroatoms. The van der Waals surface area contributed by atoms with Crippen molar-refractivity contribution in [3.05, 3.63) is 35.9 Å². The van der Waals surface area contributed by atoms with E-state index in [0.29, 0.717) is 13.0 Å². The second kappa shape index (κ2) is 5.65. The third-order valence-corrected chi connectivity index (χ3v) is 3.40. The maximum atomic E-state index is 12.2. The fourth-order valence-corrected chi connectivity index (χ4v) is 2.49. The molecule has 0 spiro atoms. The number of hydrogen-bond acceptors (Lipinski definition) is 3. The first-order valence-electron chi connectivity index (χ1n) is 6.90. The summed E-state index contributed by atoms with van der Waals surface area (Å²) in [5.41, 5.74) is 0.612. The molecule has 20 heavy (non-hydrogen) atoms. The van der Waals surface area contributed by atoms with Gasteiger partial charge < -0.3 is 9.53 Å². The molecular weight excluding hydrogens is 254 g/mol. The molecule has 0 radical (unpaired) electrons. The summed E-state index contributed by atoms with van der Waals surface area (Å²) < 4.78 is 5.37. The molecule has 1 aliphatic rings. The molecule has 1 aliphatic heterocycles. The van der Waals surface area contributed by atoms with Crippen molar-refractivity contribution < 1.29 is 14.3 Å². The van der Waals surface area contributed by atoms with Crippen molar-refractivity contribution in [2.75, 3.05) is 6.54 Å². The maximum absolute atomic E-state index is 12.2. The molecule has 2 atom stereocenters. The van der Waals surface area contributed by atoms with Crippen molar-refractivity contribution in [3.8, 4) is 0 Å². The minimum absolute atomic E-state index is 0.193. The van der Waals surface area contributed by atoms with Crippen LogP contribution in [0.15, 0.2) is 30.3 Å². The number of nitrogens with zero attached hydrogens (tertiary/aromatic N) is 1. The van der Waals surface area contributed by atoms with Crippen LogP contribution in [0.5, 0.6) is 0 Å². The van der Waals surface area contributed by atoms with Gasteiger partial charge in [-0.3, -0.25) is 4.90 Å². The molecule has 0 bridgehead atoms. The van der Waals surface area contributed by atoms with Crippen LogP contribution in [-0.4, -0.2) is 35.5 Å². The number of carbonyl (C=O) groups is 2. The topological polar surface area (TPSA) is 46.6 Å². The predicted molar refractivity (Wildman–Crippen MR) is 76.6 cm³/mol. The first-order chi connectivity index (χ1) is 9.40. The smallest absolute Gasteiger partial charge is 0.410 e. The third-order valence-electron chi connectivity index (χ3n) is 3.40. The van der Waals surface area contributed by atoms with Crippen LogP contribution in [0.25, 0.3) is 0 Å². The number of carbonyl (C=O) groups excluding carboxylic acids is 2. The fraction of sp³-hybridized carbons (Fsp3) is 0.500. The zero-order valence-electron chi connectivity index (χ0n) is 12.2. The van der Waals surface area contributed by atoms with Gasteiger partial charge in [0.1, 0.15) is 11.9 Å². The SMILES string of the molecule is CC(C)(C)OC(=O)N1C[C@H](c2ccccc2)C[C@H]1C=O. The lowest BCUT2D eigenvalue weighted by Gasteiger charge is -2.26. The Morgan fingerprint density at radius 1 is 1.30 bits per heavy atom. The molecule has 0 aliphatic carbocycles. The molecule has 1 saturated heterocycles. The standard InChI is InChI=1S/C16H21NO3/c1-16(2,3)20-15(19)17-10-13(9-14(17)11-18)12-7-5-4-6-8-12/h4-8,11,13-14H,9-10H2,1-3H3/t13-,14+/m1/s1. The van der Waals surface area contributed by atoms with E-state index in [1.165, 1.54) is 4.90 Å². The lowest BCUT2D eigenvalue weighted by atomic mass is 9.97. The van der Waals surface area contributed by atoms with Crippen molar-refractivity contribution in [1.29, 1.82) is 0 Å². The molecular formula is C16H21NO3. The molecule has 1 amide bonds. The number of hydrogen-bond donors (Lipinski definition) is 0. The van der Waals surface area contributed by atoms with Gasteiger partial charge in [0.15, 0.2) is 0 Å². The summed E-state index contributed by atoms with van der Waals surface area (Å²) >= 11 is 0. The van der Waals surface area contributed by atoms with Crippen LogP contribution < -0.4 is 0 Å². The molecule has 4 nitrogen and oxygen atoms in total. The van der Waals surface area contributed by atoms with Gasteiger partial charge in [-0.05, 0) is 32.8 Å². The van der Waals surface area contributed by atoms with Gasteiger partial charge in [-0.15, -0.1) is 0 Å². The Morgan fingerprint density at radius 2 is 1.95 bits per heavy atom. The average molecular weight is 275 g/mol. The summed E-state index contributed by atoms with van der Waals surface area (Å²) in [6.07, 6.45) is 1.09. The normalized spacial score (nSPS) is 22.6. The summed E-state index contributed by atoms with van der Waals surface area (Å²) in [6, 6.07) is 9.58. The monoisotopic (exact) mass is 275 g/mol. The number of benzene rings is 1. The van der Waals surface area contributed by atoms with Crippen LogP contribution in [0, 0.1) is 0 Å². The van der Waals surface area contributed by atoms with E-state index in [4.69, 9.17) is 4.74 Å². The highest BCUT2D eigenvalue weighted by Gasteiger charge is 2.37. The van der Waals surface area contributed by atoms with E-state index < -0.39 is 17.7 Å². The van der Waals surface area contributed by atoms with Crippen molar-refractivity contribution in [2.24, 2.45) is 0 Å². The summed E-state index contributed by atoms with van der Waals surface area (Å²) in [5.74, 6) is 0.193. The van der Waals surface area contributed by atoms with E-state index in [0.717, 1.165) is 11.8 Å². The molecule has 2 rings (SSSR count). The van der Waals surface area contributed by atoms with Gasteiger partial charge in [0.2, 0.25) is 0 Å². The van der Waals surface area contributed by atoms with Crippen molar-refractivity contribution in [2.45, 2.75) is 44.8 Å². The van der Waals surface area contributed by atoms with Crippen LogP contribution in [0.3, 0.4) is 0 Å². The number of likely N-dealkylation sites (tertiary alicyclic amines) is 1. The highest BCUT2D eigenvalue weighted by Crippen LogP contribution is 2.31. The zero-order valence-corrected chi connectivity index (χ0v) is 12.2. The summed E-state index contributed by atoms with van der Waals surface area (Å²) in [6.45, 7) is 6.00. The minimum atomic E-state index is -0.546. The van der Waals surface area contributed by atoms with Crippen molar-refractivity contribution in [1.82, 2.24) is 4.90 Å². The van der Waals surface area contributed by atoms with Gasteiger partial charge in [-0.1, -0.05) is 30.3 Å². The van der Waals surface area contributed by atoms with Gasteiger partial charge >= 0.3 is 6.09 Å². The van der Waals surface area contributed by atoms with E-state index >= 15 is 0 Å². The van der Waals surface area contributed by atoms with Crippen LogP contribution in [0.2, 0.25) is 0 Å². The fourth-order valence-electron chi connectivity index (χ4n) is 2.49. The molecule has 0 N–H and O–H groups in total. The average Bonchev–Trinajstić information content (AvgIpc) is 2.82. The van der Waals surface area contributed by atoms with Gasteiger partial charge in [0, 0.05) is 12.5 Å². The van der Waals surface area contributed by atoms with Gasteiger partial charge in [0.25, 0.3) is 0 Å². The summed E-state index contributed by atoms with van der Waals surface area (Å²) in [4.78, 5) is 24.9. The lowest BCUT2D eigenvalue weighted by Crippen LogP contribution is -2.40. The Kier molecular flexibility index (Phi) is 4.12. The largest absolute Gasteiger partial charge is 0.444 e. The predicted octanol–water partition coefficient (Wildman–Crippen LogP) is 2.98. The third kappa shape index (κ3) is 3.38. The first kappa shape index (κ1) is 14.6. The second-order valence-corrected chi connectivity index (χ2v) is 6.18. The van der Waals surface area contributed by atoms with Crippen LogP contribution in [0.1, 0.15) is 38.7 Å². The minimum Gasteiger partial charge on any atom is -0.444 e. The van der Waals surface area contributed by atoms with Gasteiger partial charge in [0.05, 0.1) is 6.04 Å². The number of ether oxygens (including phenoxy) is 1. The maximum Gasteiger partial charge on any atom is 0.410 e. The molecule has 108 valence electrons. The number of amides is 1. The molecule has 0 saturated carbocycles. The van der Waals surface area contributed by atoms with E-state index in [2.05, 4.69) is 0 Å². The Balaban J connectivity index is 2.11. The van der Waals surface area contributed by atoms with Crippen molar-refractivity contribution >= 4 is 12.4 Å². The summed E-state index contributed by atoms with van der Waals surface area (Å²) in [5, 5.41) is 0. The van der Waals surface area contributed by atoms with Crippen molar-refractivity contribution in [3.63, 3.8) is 0 Å². The number of aldehydes is 1. The highest BCUT2D eigenvalue weighted by molar-refractivity contribution is 5.75. The Hall–Kier alpha value is -1.84. The Labute approximate surface area is 119 Å². The molecule has 1 aromatic carbocycles. The van der Waals surface area contributed by atoms with Crippen LogP contribution >= 0.6 is 0 Å². The van der Waals surface area contributed by atoms with Crippen LogP contribution in [-0.2, 0) is 9.53 Å². The second-order valence-electron chi connectivity index (χ2n) is 6.18. The summed E-state index contributed by atoms with van der Waals surface area (Å²) in [7, 11) is 0. The Morgan fingerprint density at radius 3 is 2.50 bits per heavy atom. The van der Waals surface area contributed by atoms with E-state index in [-0.39, 0.29) is 5.92 Å². The molecule has 1 fully saturated rings. The molecule has 0 aromatic heterocycles. The molecule has 0 unspecified atom stereocenters. The van der Waals surface area contributed by atoms with E-state index in [9.17, 15) is 9.59 Å². The highest BCUT2D eigenvalue weighted by atomic mass is 16.6. The molecule has 1 aromatic rings. The number of rotatable bonds is 2. The quantitative estimate of drug-likeness (QED) is 0.779. The Bertz CT molecular complexity index is 478. The van der Waals surface area contributed by atoms with E-state index in [1.54, 1.807) is 0 Å². The van der Waals surface area contributed by atoms with Crippen LogP contribution in [0.4, 0.5) is 4.79 Å². The first-order valence-corrected chi connectivity index (χ1v) is 6.90. The van der Waals surface area contributed by atoms with Gasteiger partial charge in [-0.25, -0.2) is 4.79 Å².